The van der Waals surface area contributed by atoms with Gasteiger partial charge in [-0.05, 0) is 47.4 Å². The molecule has 0 aromatic heterocycles. The van der Waals surface area contributed by atoms with E-state index in [4.69, 9.17) is 5.73 Å². The van der Waals surface area contributed by atoms with Crippen LogP contribution < -0.4 is 11.1 Å². The van der Waals surface area contributed by atoms with Gasteiger partial charge in [0.1, 0.15) is 5.82 Å². The first-order valence-corrected chi connectivity index (χ1v) is 10.6. The lowest BCUT2D eigenvalue weighted by Gasteiger charge is -2.15. The number of primary amides is 1. The predicted octanol–water partition coefficient (Wildman–Crippen LogP) is 6.00. The van der Waals surface area contributed by atoms with Crippen molar-refractivity contribution < 1.29 is 14.0 Å². The van der Waals surface area contributed by atoms with Gasteiger partial charge < -0.3 is 11.1 Å². The molecule has 2 amide bonds. The molecule has 0 bridgehead atoms. The Morgan fingerprint density at radius 1 is 0.788 bits per heavy atom. The number of nitrogens with two attached hydrogens (primary N) is 1. The summed E-state index contributed by atoms with van der Waals surface area (Å²) in [7, 11) is 0. The minimum Gasteiger partial charge on any atom is -0.366 e. The minimum absolute atomic E-state index is 0.201. The van der Waals surface area contributed by atoms with Crippen LogP contribution in [0.4, 0.5) is 10.1 Å². The molecule has 4 rings (SSSR count). The van der Waals surface area contributed by atoms with Crippen molar-refractivity contribution in [2.24, 2.45) is 5.73 Å². The number of nitrogens with one attached hydrogen (secondary N) is 1. The molecule has 1 atom stereocenters. The highest BCUT2D eigenvalue weighted by Crippen LogP contribution is 2.31. The first-order valence-electron chi connectivity index (χ1n) is 10.6. The second-order valence-electron chi connectivity index (χ2n) is 7.81. The van der Waals surface area contributed by atoms with Crippen molar-refractivity contribution in [1.29, 1.82) is 0 Å². The van der Waals surface area contributed by atoms with Crippen molar-refractivity contribution in [2.75, 3.05) is 5.32 Å². The molecule has 4 aromatic rings. The first-order chi connectivity index (χ1) is 15.9. The van der Waals surface area contributed by atoms with E-state index in [0.717, 1.165) is 11.1 Å². The Morgan fingerprint density at radius 3 is 2.06 bits per heavy atom. The molecular weight excluding hydrogens is 415 g/mol. The van der Waals surface area contributed by atoms with Gasteiger partial charge in [-0.15, -0.1) is 0 Å². The SMILES string of the molecule is CC(C(=O)Nc1ccc(-c2ccc(-c3ccccc3)c(F)c2)c(C(N)=O)c1)c1ccccc1. The third-order valence-corrected chi connectivity index (χ3v) is 5.61. The molecule has 1 unspecified atom stereocenters. The van der Waals surface area contributed by atoms with Crippen LogP contribution in [-0.2, 0) is 4.79 Å². The molecule has 4 nitrogen and oxygen atoms in total. The lowest BCUT2D eigenvalue weighted by Crippen LogP contribution is -2.19. The van der Waals surface area contributed by atoms with Crippen LogP contribution in [0, 0.1) is 5.82 Å². The van der Waals surface area contributed by atoms with Gasteiger partial charge in [0.25, 0.3) is 0 Å². The molecule has 0 saturated heterocycles. The van der Waals surface area contributed by atoms with E-state index in [0.29, 0.717) is 22.4 Å². The van der Waals surface area contributed by atoms with Crippen LogP contribution in [-0.4, -0.2) is 11.8 Å². The fourth-order valence-corrected chi connectivity index (χ4v) is 3.76. The maximum absolute atomic E-state index is 14.9. The Balaban J connectivity index is 1.62. The smallest absolute Gasteiger partial charge is 0.249 e. The normalized spacial score (nSPS) is 11.6. The fourth-order valence-electron chi connectivity index (χ4n) is 3.76. The molecule has 0 heterocycles. The number of amides is 2. The molecule has 0 aliphatic rings. The molecule has 0 radical (unpaired) electrons. The summed E-state index contributed by atoms with van der Waals surface area (Å²) in [4.78, 5) is 24.9. The molecule has 0 saturated carbocycles. The minimum atomic E-state index is -0.662. The molecule has 5 heteroatoms. The summed E-state index contributed by atoms with van der Waals surface area (Å²) < 4.78 is 14.9. The first kappa shape index (κ1) is 22.0. The molecule has 0 fully saturated rings. The largest absolute Gasteiger partial charge is 0.366 e. The molecular formula is C28H23FN2O2. The van der Waals surface area contributed by atoms with E-state index in [-0.39, 0.29) is 17.4 Å². The zero-order valence-corrected chi connectivity index (χ0v) is 18.1. The quantitative estimate of drug-likeness (QED) is 0.387. The number of rotatable bonds is 6. The third-order valence-electron chi connectivity index (χ3n) is 5.61. The molecule has 0 aliphatic carbocycles. The maximum Gasteiger partial charge on any atom is 0.249 e. The Kier molecular flexibility index (Phi) is 6.31. The molecule has 4 aromatic carbocycles. The van der Waals surface area contributed by atoms with Crippen molar-refractivity contribution in [3.05, 3.63) is 114 Å². The van der Waals surface area contributed by atoms with Crippen LogP contribution in [0.15, 0.2) is 97.1 Å². The second kappa shape index (κ2) is 9.49. The highest BCUT2D eigenvalue weighted by atomic mass is 19.1. The monoisotopic (exact) mass is 438 g/mol. The van der Waals surface area contributed by atoms with Gasteiger partial charge in [-0.1, -0.05) is 78.9 Å². The van der Waals surface area contributed by atoms with Crippen LogP contribution in [0.3, 0.4) is 0 Å². The van der Waals surface area contributed by atoms with E-state index in [2.05, 4.69) is 5.32 Å². The Bertz CT molecular complexity index is 1300. The van der Waals surface area contributed by atoms with Gasteiger partial charge >= 0.3 is 0 Å². The van der Waals surface area contributed by atoms with Gasteiger partial charge in [0.05, 0.1) is 5.92 Å². The van der Waals surface area contributed by atoms with Crippen molar-refractivity contribution in [2.45, 2.75) is 12.8 Å². The number of hydrogen-bond donors (Lipinski definition) is 2. The van der Waals surface area contributed by atoms with E-state index in [1.54, 1.807) is 24.3 Å². The van der Waals surface area contributed by atoms with Gasteiger partial charge in [-0.3, -0.25) is 9.59 Å². The molecule has 33 heavy (non-hydrogen) atoms. The number of hydrogen-bond acceptors (Lipinski definition) is 2. The number of carbonyl (C=O) groups excluding carboxylic acids is 2. The van der Waals surface area contributed by atoms with Crippen molar-refractivity contribution in [3.63, 3.8) is 0 Å². The average molecular weight is 439 g/mol. The maximum atomic E-state index is 14.9. The average Bonchev–Trinajstić information content (AvgIpc) is 2.84. The second-order valence-corrected chi connectivity index (χ2v) is 7.81. The van der Waals surface area contributed by atoms with E-state index in [1.165, 1.54) is 12.1 Å². The van der Waals surface area contributed by atoms with E-state index < -0.39 is 11.7 Å². The number of anilines is 1. The van der Waals surface area contributed by atoms with Gasteiger partial charge in [0, 0.05) is 16.8 Å². The van der Waals surface area contributed by atoms with Crippen LogP contribution in [0.5, 0.6) is 0 Å². The summed E-state index contributed by atoms with van der Waals surface area (Å²) in [5.74, 6) is -1.64. The fraction of sp³-hybridized carbons (Fsp3) is 0.0714. The predicted molar refractivity (Wildman–Crippen MR) is 129 cm³/mol. The Morgan fingerprint density at radius 2 is 1.42 bits per heavy atom. The lowest BCUT2D eigenvalue weighted by atomic mass is 9.95. The van der Waals surface area contributed by atoms with Crippen molar-refractivity contribution in [3.8, 4) is 22.3 Å². The highest BCUT2D eigenvalue weighted by molar-refractivity contribution is 6.03. The number of benzene rings is 4. The standard InChI is InChI=1S/C28H23FN2O2/c1-18(19-8-4-2-5-9-19)28(33)31-22-13-15-23(25(17-22)27(30)32)21-12-14-24(26(29)16-21)20-10-6-3-7-11-20/h2-18H,1H3,(H2,30,32)(H,31,33). The number of halogens is 1. The zero-order chi connectivity index (χ0) is 23.4. The van der Waals surface area contributed by atoms with Crippen LogP contribution >= 0.6 is 0 Å². The summed E-state index contributed by atoms with van der Waals surface area (Å²) >= 11 is 0. The lowest BCUT2D eigenvalue weighted by molar-refractivity contribution is -0.117. The molecule has 3 N–H and O–H groups in total. The van der Waals surface area contributed by atoms with Crippen LogP contribution in [0.2, 0.25) is 0 Å². The highest BCUT2D eigenvalue weighted by Gasteiger charge is 2.18. The van der Waals surface area contributed by atoms with Gasteiger partial charge in [-0.25, -0.2) is 4.39 Å². The van der Waals surface area contributed by atoms with Gasteiger partial charge in [-0.2, -0.15) is 0 Å². The number of carbonyl (C=O) groups is 2. The van der Waals surface area contributed by atoms with Crippen LogP contribution in [0.1, 0.15) is 28.8 Å². The summed E-state index contributed by atoms with van der Waals surface area (Å²) in [6, 6.07) is 28.3. The summed E-state index contributed by atoms with van der Waals surface area (Å²) in [5, 5.41) is 2.84. The zero-order valence-electron chi connectivity index (χ0n) is 18.1. The molecule has 0 aliphatic heterocycles. The third kappa shape index (κ3) is 4.83. The molecule has 164 valence electrons. The Hall–Kier alpha value is -4.25. The van der Waals surface area contributed by atoms with Crippen molar-refractivity contribution >= 4 is 17.5 Å². The molecule has 0 spiro atoms. The summed E-state index contributed by atoms with van der Waals surface area (Å²) in [6.07, 6.45) is 0. The Labute approximate surface area is 191 Å². The van der Waals surface area contributed by atoms with Crippen molar-refractivity contribution in [1.82, 2.24) is 0 Å². The summed E-state index contributed by atoms with van der Waals surface area (Å²) in [5.41, 5.74) is 9.41. The summed E-state index contributed by atoms with van der Waals surface area (Å²) in [6.45, 7) is 1.81. The van der Waals surface area contributed by atoms with E-state index in [9.17, 15) is 14.0 Å². The van der Waals surface area contributed by atoms with Gasteiger partial charge in [0.2, 0.25) is 11.8 Å². The van der Waals surface area contributed by atoms with Crippen LogP contribution in [0.25, 0.3) is 22.3 Å². The van der Waals surface area contributed by atoms with Gasteiger partial charge in [0.15, 0.2) is 0 Å². The van der Waals surface area contributed by atoms with E-state index in [1.807, 2.05) is 67.6 Å². The topological polar surface area (TPSA) is 72.2 Å². The van der Waals surface area contributed by atoms with E-state index >= 15 is 0 Å².